The van der Waals surface area contributed by atoms with Crippen molar-refractivity contribution in [2.75, 3.05) is 26.2 Å². The van der Waals surface area contributed by atoms with Gasteiger partial charge >= 0.3 is 0 Å². The SMILES string of the molecule is O=C(c1cc(F)cc(F)c1)N1CCC(Oc2ncccc2C(=O)N2CCCCC2)C1. The van der Waals surface area contributed by atoms with E-state index in [1.54, 1.807) is 18.3 Å². The van der Waals surface area contributed by atoms with Crippen LogP contribution in [0.1, 0.15) is 46.4 Å². The van der Waals surface area contributed by atoms with E-state index in [0.717, 1.165) is 50.6 Å². The maximum atomic E-state index is 13.4. The number of benzene rings is 1. The lowest BCUT2D eigenvalue weighted by Crippen LogP contribution is -2.36. The van der Waals surface area contributed by atoms with Crippen molar-refractivity contribution < 1.29 is 23.1 Å². The number of nitrogens with zero attached hydrogens (tertiary/aromatic N) is 3. The average Bonchev–Trinajstić information content (AvgIpc) is 3.21. The van der Waals surface area contributed by atoms with Gasteiger partial charge in [-0.2, -0.15) is 0 Å². The Morgan fingerprint density at radius 1 is 0.967 bits per heavy atom. The third kappa shape index (κ3) is 4.42. The molecular weight excluding hydrogens is 392 g/mol. The van der Waals surface area contributed by atoms with Crippen LogP contribution in [-0.4, -0.2) is 58.9 Å². The normalized spacial score (nSPS) is 19.1. The Morgan fingerprint density at radius 2 is 1.70 bits per heavy atom. The summed E-state index contributed by atoms with van der Waals surface area (Å²) in [4.78, 5) is 33.0. The lowest BCUT2D eigenvalue weighted by Gasteiger charge is -2.27. The van der Waals surface area contributed by atoms with Crippen molar-refractivity contribution in [1.29, 1.82) is 0 Å². The molecule has 0 N–H and O–H groups in total. The number of halogens is 2. The maximum Gasteiger partial charge on any atom is 0.259 e. The fourth-order valence-corrected chi connectivity index (χ4v) is 3.94. The Kier molecular flexibility index (Phi) is 5.92. The lowest BCUT2D eigenvalue weighted by atomic mass is 10.1. The third-order valence-electron chi connectivity index (χ3n) is 5.46. The molecule has 6 nitrogen and oxygen atoms in total. The zero-order valence-electron chi connectivity index (χ0n) is 16.5. The van der Waals surface area contributed by atoms with Gasteiger partial charge in [0.05, 0.1) is 6.54 Å². The summed E-state index contributed by atoms with van der Waals surface area (Å²) in [7, 11) is 0. The second-order valence-corrected chi connectivity index (χ2v) is 7.65. The summed E-state index contributed by atoms with van der Waals surface area (Å²) in [6, 6.07) is 6.18. The van der Waals surface area contributed by atoms with Gasteiger partial charge in [0, 0.05) is 43.9 Å². The number of hydrogen-bond donors (Lipinski definition) is 0. The number of likely N-dealkylation sites (tertiary alicyclic amines) is 2. The van der Waals surface area contributed by atoms with E-state index >= 15 is 0 Å². The van der Waals surface area contributed by atoms with Gasteiger partial charge in [-0.05, 0) is 43.5 Å². The van der Waals surface area contributed by atoms with Crippen LogP contribution in [0.4, 0.5) is 8.78 Å². The van der Waals surface area contributed by atoms with E-state index in [4.69, 9.17) is 4.74 Å². The Labute approximate surface area is 173 Å². The van der Waals surface area contributed by atoms with Crippen molar-refractivity contribution >= 4 is 11.8 Å². The number of ether oxygens (including phenoxy) is 1. The summed E-state index contributed by atoms with van der Waals surface area (Å²) in [5, 5.41) is 0. The van der Waals surface area contributed by atoms with E-state index < -0.39 is 17.5 Å². The highest BCUT2D eigenvalue weighted by Crippen LogP contribution is 2.24. The zero-order valence-corrected chi connectivity index (χ0v) is 16.5. The minimum Gasteiger partial charge on any atom is -0.472 e. The molecule has 3 heterocycles. The molecule has 30 heavy (non-hydrogen) atoms. The second kappa shape index (κ2) is 8.77. The Balaban J connectivity index is 1.43. The predicted molar refractivity (Wildman–Crippen MR) is 105 cm³/mol. The van der Waals surface area contributed by atoms with Gasteiger partial charge in [-0.1, -0.05) is 0 Å². The first-order valence-electron chi connectivity index (χ1n) is 10.2. The highest BCUT2D eigenvalue weighted by atomic mass is 19.1. The molecule has 2 aliphatic heterocycles. The van der Waals surface area contributed by atoms with Gasteiger partial charge in [-0.3, -0.25) is 9.59 Å². The van der Waals surface area contributed by atoms with Crippen molar-refractivity contribution in [3.8, 4) is 5.88 Å². The third-order valence-corrected chi connectivity index (χ3v) is 5.46. The molecule has 2 saturated heterocycles. The molecule has 4 rings (SSSR count). The molecule has 1 unspecified atom stereocenters. The summed E-state index contributed by atoms with van der Waals surface area (Å²) in [5.41, 5.74) is 0.378. The number of pyridine rings is 1. The number of rotatable bonds is 4. The van der Waals surface area contributed by atoms with Gasteiger partial charge in [-0.15, -0.1) is 0 Å². The van der Waals surface area contributed by atoms with Crippen LogP contribution in [0.15, 0.2) is 36.5 Å². The van der Waals surface area contributed by atoms with Crippen molar-refractivity contribution in [2.45, 2.75) is 31.8 Å². The van der Waals surface area contributed by atoms with Gasteiger partial charge in [0.15, 0.2) is 0 Å². The van der Waals surface area contributed by atoms with Crippen molar-refractivity contribution in [3.05, 3.63) is 59.3 Å². The fourth-order valence-electron chi connectivity index (χ4n) is 3.94. The molecule has 0 aliphatic carbocycles. The van der Waals surface area contributed by atoms with Gasteiger partial charge < -0.3 is 14.5 Å². The number of piperidine rings is 1. The molecule has 0 saturated carbocycles. The van der Waals surface area contributed by atoms with E-state index in [0.29, 0.717) is 18.5 Å². The van der Waals surface area contributed by atoms with Crippen LogP contribution in [0.25, 0.3) is 0 Å². The van der Waals surface area contributed by atoms with Crippen molar-refractivity contribution in [1.82, 2.24) is 14.8 Å². The Bertz CT molecular complexity index is 927. The summed E-state index contributed by atoms with van der Waals surface area (Å²) in [5.74, 6) is -1.88. The molecule has 1 aromatic carbocycles. The predicted octanol–water partition coefficient (Wildman–Crippen LogP) is 3.28. The van der Waals surface area contributed by atoms with Gasteiger partial charge in [0.1, 0.15) is 23.3 Å². The largest absolute Gasteiger partial charge is 0.472 e. The molecule has 158 valence electrons. The molecule has 2 amide bonds. The van der Waals surface area contributed by atoms with E-state index in [1.165, 1.54) is 4.90 Å². The van der Waals surface area contributed by atoms with Crippen LogP contribution < -0.4 is 4.74 Å². The molecule has 0 bridgehead atoms. The molecule has 0 radical (unpaired) electrons. The topological polar surface area (TPSA) is 62.7 Å². The van der Waals surface area contributed by atoms with Crippen molar-refractivity contribution in [3.63, 3.8) is 0 Å². The number of amides is 2. The highest BCUT2D eigenvalue weighted by Gasteiger charge is 2.31. The average molecular weight is 415 g/mol. The first-order chi connectivity index (χ1) is 14.5. The quantitative estimate of drug-likeness (QED) is 0.769. The van der Waals surface area contributed by atoms with Crippen LogP contribution in [-0.2, 0) is 0 Å². The maximum absolute atomic E-state index is 13.4. The van der Waals surface area contributed by atoms with Crippen LogP contribution in [0, 0.1) is 11.6 Å². The zero-order chi connectivity index (χ0) is 21.1. The number of carbonyl (C=O) groups excluding carboxylic acids is 2. The van der Waals surface area contributed by atoms with Gasteiger partial charge in [0.25, 0.3) is 11.8 Å². The van der Waals surface area contributed by atoms with Crippen molar-refractivity contribution in [2.24, 2.45) is 0 Å². The molecular formula is C22H23F2N3O3. The molecule has 2 aliphatic rings. The van der Waals surface area contributed by atoms with Crippen LogP contribution in [0.3, 0.4) is 0 Å². The lowest BCUT2D eigenvalue weighted by molar-refractivity contribution is 0.0708. The summed E-state index contributed by atoms with van der Waals surface area (Å²) < 4.78 is 32.8. The number of hydrogen-bond acceptors (Lipinski definition) is 4. The Morgan fingerprint density at radius 3 is 2.43 bits per heavy atom. The standard InChI is InChI=1S/C22H23F2N3O3/c23-16-11-15(12-17(24)13-16)21(28)27-10-6-18(14-27)30-20-19(5-4-7-25-20)22(29)26-8-2-1-3-9-26/h4-5,7,11-13,18H,1-3,6,8-10,14H2. The number of aromatic nitrogens is 1. The monoisotopic (exact) mass is 415 g/mol. The van der Waals surface area contributed by atoms with Gasteiger partial charge in [0.2, 0.25) is 5.88 Å². The second-order valence-electron chi connectivity index (χ2n) is 7.65. The minimum absolute atomic E-state index is 0.0352. The summed E-state index contributed by atoms with van der Waals surface area (Å²) in [6.45, 7) is 2.10. The number of carbonyl (C=O) groups is 2. The van der Waals surface area contributed by atoms with Crippen LogP contribution in [0.2, 0.25) is 0 Å². The first kappa shape index (κ1) is 20.3. The fraction of sp³-hybridized carbons (Fsp3) is 0.409. The van der Waals surface area contributed by atoms with E-state index in [-0.39, 0.29) is 30.0 Å². The molecule has 8 heteroatoms. The smallest absolute Gasteiger partial charge is 0.259 e. The molecule has 0 spiro atoms. The van der Waals surface area contributed by atoms with E-state index in [2.05, 4.69) is 4.98 Å². The van der Waals surface area contributed by atoms with E-state index in [9.17, 15) is 18.4 Å². The molecule has 1 atom stereocenters. The Hall–Kier alpha value is -3.03. The van der Waals surface area contributed by atoms with E-state index in [1.807, 2.05) is 4.90 Å². The molecule has 2 fully saturated rings. The first-order valence-corrected chi connectivity index (χ1v) is 10.2. The highest BCUT2D eigenvalue weighted by molar-refractivity contribution is 5.96. The van der Waals surface area contributed by atoms with Gasteiger partial charge in [-0.25, -0.2) is 13.8 Å². The van der Waals surface area contributed by atoms with Crippen LogP contribution >= 0.6 is 0 Å². The summed E-state index contributed by atoms with van der Waals surface area (Å²) in [6.07, 6.45) is 4.86. The summed E-state index contributed by atoms with van der Waals surface area (Å²) >= 11 is 0. The minimum atomic E-state index is -0.792. The molecule has 1 aromatic heterocycles. The van der Waals surface area contributed by atoms with Crippen LogP contribution in [0.5, 0.6) is 5.88 Å². The molecule has 2 aromatic rings.